The molecule has 1 fully saturated rings. The lowest BCUT2D eigenvalue weighted by atomic mass is 10.00. The number of nitrogens with zero attached hydrogens (tertiary/aromatic N) is 3. The minimum atomic E-state index is -4.74. The maximum absolute atomic E-state index is 13.1. The Morgan fingerprint density at radius 1 is 1.12 bits per heavy atom. The summed E-state index contributed by atoms with van der Waals surface area (Å²) in [6, 6.07) is 7.07. The second-order valence-electron chi connectivity index (χ2n) is 7.91. The number of aryl methyl sites for hydroxylation is 1. The molecule has 2 aliphatic rings. The van der Waals surface area contributed by atoms with Crippen molar-refractivity contribution < 1.29 is 31.1 Å². The first-order valence-corrected chi connectivity index (χ1v) is 11.6. The highest BCUT2D eigenvalue weighted by Gasteiger charge is 2.39. The number of halogens is 3. The number of alkyl halides is 3. The molecule has 1 amide bonds. The summed E-state index contributed by atoms with van der Waals surface area (Å²) in [7, 11) is -4.27. The summed E-state index contributed by atoms with van der Waals surface area (Å²) >= 11 is 0. The van der Waals surface area contributed by atoms with Crippen LogP contribution in [0.2, 0.25) is 0 Å². The van der Waals surface area contributed by atoms with Crippen LogP contribution in [0.1, 0.15) is 29.5 Å². The topological polar surface area (TPSA) is 96.4 Å². The Morgan fingerprint density at radius 2 is 1.82 bits per heavy atom. The molecule has 1 saturated heterocycles. The summed E-state index contributed by atoms with van der Waals surface area (Å²) in [6.45, 7) is 2.06. The molecule has 33 heavy (non-hydrogen) atoms. The lowest BCUT2D eigenvalue weighted by Crippen LogP contribution is -2.50. The van der Waals surface area contributed by atoms with Crippen molar-refractivity contribution in [2.75, 3.05) is 18.0 Å². The number of benzene rings is 2. The number of hydrogen-bond donors (Lipinski definition) is 0. The number of rotatable bonds is 4. The van der Waals surface area contributed by atoms with Gasteiger partial charge < -0.3 is 4.74 Å². The van der Waals surface area contributed by atoms with Crippen molar-refractivity contribution in [1.29, 1.82) is 0 Å². The first-order valence-electron chi connectivity index (χ1n) is 10.1. The van der Waals surface area contributed by atoms with Crippen LogP contribution in [0.3, 0.4) is 0 Å². The molecule has 0 unspecified atom stereocenters. The van der Waals surface area contributed by atoms with E-state index in [9.17, 15) is 31.3 Å². The van der Waals surface area contributed by atoms with Crippen LogP contribution in [0.15, 0.2) is 46.5 Å². The number of carbonyl (C=O) groups excluding carboxylic acids is 1. The third-order valence-electron chi connectivity index (χ3n) is 5.90. The molecule has 0 aromatic heterocycles. The third-order valence-corrected chi connectivity index (χ3v) is 7.85. The molecule has 0 spiro atoms. The zero-order valence-electron chi connectivity index (χ0n) is 17.5. The highest BCUT2D eigenvalue weighted by Crippen LogP contribution is 2.38. The van der Waals surface area contributed by atoms with Crippen molar-refractivity contribution in [3.8, 4) is 0 Å². The fourth-order valence-electron chi connectivity index (χ4n) is 4.28. The SMILES string of the molecule is Cc1cccc2c1N(C1CCN(S(=O)(=O)c3ccc(C(F)(F)F)cc3N=O)CC1)C(=O)OC2. The minimum Gasteiger partial charge on any atom is -0.444 e. The number of carbonyl (C=O) groups is 1. The Hall–Kier alpha value is -2.99. The van der Waals surface area contributed by atoms with Crippen molar-refractivity contribution in [3.05, 3.63) is 58.0 Å². The lowest BCUT2D eigenvalue weighted by Gasteiger charge is -2.40. The Kier molecular flexibility index (Phi) is 5.91. The molecule has 0 atom stereocenters. The number of sulfonamides is 1. The number of para-hydroxylation sites is 1. The number of amides is 1. The van der Waals surface area contributed by atoms with Gasteiger partial charge in [-0.1, -0.05) is 18.2 Å². The minimum absolute atomic E-state index is 0.0112. The van der Waals surface area contributed by atoms with E-state index in [2.05, 4.69) is 5.18 Å². The summed E-state index contributed by atoms with van der Waals surface area (Å²) in [5.74, 6) is 0. The standard InChI is InChI=1S/C21H20F3N3O5S/c1-13-3-2-4-14-12-32-20(28)27(19(13)14)16-7-9-26(10-8-16)33(30,31)18-6-5-15(21(22,23)24)11-17(18)25-29/h2-6,11,16H,7-10,12H2,1H3. The maximum atomic E-state index is 13.1. The number of ether oxygens (including phenoxy) is 1. The van der Waals surface area contributed by atoms with Gasteiger partial charge in [0.15, 0.2) is 0 Å². The maximum Gasteiger partial charge on any atom is 0.416 e. The molecule has 2 heterocycles. The van der Waals surface area contributed by atoms with Gasteiger partial charge in [-0.25, -0.2) is 13.2 Å². The Balaban J connectivity index is 1.56. The molecular formula is C21H20F3N3O5S. The van der Waals surface area contributed by atoms with Crippen LogP contribution in [-0.2, 0) is 27.5 Å². The largest absolute Gasteiger partial charge is 0.444 e. The van der Waals surface area contributed by atoms with Gasteiger partial charge in [-0.05, 0) is 48.7 Å². The number of piperidine rings is 1. The second kappa shape index (κ2) is 8.41. The summed E-state index contributed by atoms with van der Waals surface area (Å²) < 4.78 is 71.3. The molecular weight excluding hydrogens is 463 g/mol. The number of nitroso groups, excluding NO2 is 1. The molecule has 0 saturated carbocycles. The van der Waals surface area contributed by atoms with Gasteiger partial charge in [0, 0.05) is 24.7 Å². The van der Waals surface area contributed by atoms with E-state index in [0.717, 1.165) is 27.2 Å². The zero-order chi connectivity index (χ0) is 24.0. The summed E-state index contributed by atoms with van der Waals surface area (Å²) in [4.78, 5) is 24.6. The molecule has 2 aliphatic heterocycles. The van der Waals surface area contributed by atoms with Crippen LogP contribution in [0.5, 0.6) is 0 Å². The molecule has 0 N–H and O–H groups in total. The fraction of sp³-hybridized carbons (Fsp3) is 0.381. The number of hydrogen-bond acceptors (Lipinski definition) is 6. The molecule has 176 valence electrons. The van der Waals surface area contributed by atoms with Gasteiger partial charge in [0.1, 0.15) is 17.2 Å². The van der Waals surface area contributed by atoms with E-state index in [4.69, 9.17) is 4.74 Å². The van der Waals surface area contributed by atoms with E-state index in [0.29, 0.717) is 12.1 Å². The van der Waals surface area contributed by atoms with Gasteiger partial charge in [0.25, 0.3) is 0 Å². The van der Waals surface area contributed by atoms with Crippen molar-refractivity contribution in [1.82, 2.24) is 4.31 Å². The number of fused-ring (bicyclic) bond motifs is 1. The summed E-state index contributed by atoms with van der Waals surface area (Å²) in [5, 5.41) is 2.51. The van der Waals surface area contributed by atoms with E-state index in [1.807, 2.05) is 25.1 Å². The molecule has 12 heteroatoms. The Morgan fingerprint density at radius 3 is 2.45 bits per heavy atom. The van der Waals surface area contributed by atoms with Crippen LogP contribution in [0.25, 0.3) is 0 Å². The van der Waals surface area contributed by atoms with E-state index in [1.54, 1.807) is 4.90 Å². The molecule has 0 bridgehead atoms. The van der Waals surface area contributed by atoms with E-state index in [-0.39, 0.29) is 38.6 Å². The van der Waals surface area contributed by atoms with Crippen LogP contribution in [0, 0.1) is 11.8 Å². The summed E-state index contributed by atoms with van der Waals surface area (Å²) in [6.07, 6.45) is -4.68. The normalized spacial score (nSPS) is 18.1. The predicted octanol–water partition coefficient (Wildman–Crippen LogP) is 4.72. The van der Waals surface area contributed by atoms with Gasteiger partial charge in [-0.2, -0.15) is 17.5 Å². The van der Waals surface area contributed by atoms with Crippen molar-refractivity contribution in [2.24, 2.45) is 5.18 Å². The Bertz CT molecular complexity index is 1210. The van der Waals surface area contributed by atoms with Crippen LogP contribution < -0.4 is 4.90 Å². The van der Waals surface area contributed by atoms with Gasteiger partial charge in [0.2, 0.25) is 10.0 Å². The average Bonchev–Trinajstić information content (AvgIpc) is 2.78. The highest BCUT2D eigenvalue weighted by atomic mass is 32.2. The number of anilines is 1. The first kappa shape index (κ1) is 23.2. The van der Waals surface area contributed by atoms with E-state index in [1.165, 1.54) is 0 Å². The van der Waals surface area contributed by atoms with Crippen LogP contribution in [-0.4, -0.2) is 37.9 Å². The number of cyclic esters (lactones) is 1. The van der Waals surface area contributed by atoms with Crippen LogP contribution in [0.4, 0.5) is 29.3 Å². The predicted molar refractivity (Wildman–Crippen MR) is 113 cm³/mol. The zero-order valence-corrected chi connectivity index (χ0v) is 18.3. The molecule has 0 aliphatic carbocycles. The molecule has 4 rings (SSSR count). The third kappa shape index (κ3) is 4.20. The van der Waals surface area contributed by atoms with Gasteiger partial charge in [-0.3, -0.25) is 4.90 Å². The molecule has 2 aromatic carbocycles. The van der Waals surface area contributed by atoms with Crippen LogP contribution >= 0.6 is 0 Å². The summed E-state index contributed by atoms with van der Waals surface area (Å²) in [5.41, 5.74) is 0.551. The smallest absolute Gasteiger partial charge is 0.416 e. The lowest BCUT2D eigenvalue weighted by molar-refractivity contribution is -0.137. The van der Waals surface area contributed by atoms with E-state index >= 15 is 0 Å². The highest BCUT2D eigenvalue weighted by molar-refractivity contribution is 7.89. The van der Waals surface area contributed by atoms with Gasteiger partial charge in [-0.15, -0.1) is 4.91 Å². The van der Waals surface area contributed by atoms with Gasteiger partial charge >= 0.3 is 12.3 Å². The Labute approximate surface area is 188 Å². The van der Waals surface area contributed by atoms with Crippen molar-refractivity contribution in [3.63, 3.8) is 0 Å². The van der Waals surface area contributed by atoms with Crippen molar-refractivity contribution >= 4 is 27.5 Å². The second-order valence-corrected chi connectivity index (χ2v) is 9.82. The average molecular weight is 483 g/mol. The first-order chi connectivity index (χ1) is 15.5. The molecule has 2 aromatic rings. The fourth-order valence-corrected chi connectivity index (χ4v) is 5.85. The van der Waals surface area contributed by atoms with Crippen molar-refractivity contribution in [2.45, 2.75) is 43.5 Å². The molecule has 8 nitrogen and oxygen atoms in total. The van der Waals surface area contributed by atoms with Gasteiger partial charge in [0.05, 0.1) is 11.3 Å². The van der Waals surface area contributed by atoms with E-state index < -0.39 is 38.4 Å². The monoisotopic (exact) mass is 483 g/mol. The quantitative estimate of drug-likeness (QED) is 0.587. The molecule has 0 radical (unpaired) electrons.